The zero-order valence-corrected chi connectivity index (χ0v) is 13.9. The molecule has 0 saturated carbocycles. The lowest BCUT2D eigenvalue weighted by atomic mass is 10.2. The number of amides is 2. The molecular weight excluding hydrogens is 333 g/mol. The van der Waals surface area contributed by atoms with E-state index in [2.05, 4.69) is 16.0 Å². The van der Waals surface area contributed by atoms with Crippen LogP contribution >= 0.6 is 11.6 Å². The van der Waals surface area contributed by atoms with Crippen LogP contribution in [0.1, 0.15) is 13.8 Å². The van der Waals surface area contributed by atoms with Crippen molar-refractivity contribution in [3.63, 3.8) is 0 Å². The minimum atomic E-state index is -0.542. The average Bonchev–Trinajstić information content (AvgIpc) is 2.52. The molecule has 2 aromatic carbocycles. The van der Waals surface area contributed by atoms with Gasteiger partial charge in [-0.25, -0.2) is 4.39 Å². The van der Waals surface area contributed by atoms with E-state index < -0.39 is 11.9 Å². The Bertz CT molecular complexity index is 750. The highest BCUT2D eigenvalue weighted by Gasteiger charge is 2.13. The van der Waals surface area contributed by atoms with Gasteiger partial charge in [-0.2, -0.15) is 0 Å². The smallest absolute Gasteiger partial charge is 0.246 e. The third kappa shape index (κ3) is 4.96. The number of hydrogen-bond donors (Lipinski definition) is 3. The van der Waals surface area contributed by atoms with Crippen LogP contribution in [0.4, 0.5) is 21.5 Å². The van der Waals surface area contributed by atoms with Gasteiger partial charge in [0.2, 0.25) is 11.8 Å². The topological polar surface area (TPSA) is 70.2 Å². The standard InChI is InChI=1S/C17H17ClFN3O2/c1-10(17(24)22-14-7-8-16(19)15(18)9-14)20-12-3-5-13(6-4-12)21-11(2)23/h3-10,20H,1-2H3,(H,21,23)(H,22,24). The predicted octanol–water partition coefficient (Wildman–Crippen LogP) is 3.88. The second kappa shape index (κ2) is 7.79. The molecule has 0 heterocycles. The summed E-state index contributed by atoms with van der Waals surface area (Å²) in [4.78, 5) is 23.1. The molecule has 3 N–H and O–H groups in total. The summed E-state index contributed by atoms with van der Waals surface area (Å²) in [5, 5.41) is 8.30. The number of carbonyl (C=O) groups is 2. The van der Waals surface area contributed by atoms with Gasteiger partial charge in [0.25, 0.3) is 0 Å². The molecule has 1 unspecified atom stereocenters. The Balaban J connectivity index is 1.95. The zero-order chi connectivity index (χ0) is 17.7. The molecule has 0 aliphatic rings. The van der Waals surface area contributed by atoms with Crippen molar-refractivity contribution in [3.05, 3.63) is 53.3 Å². The molecule has 0 aromatic heterocycles. The summed E-state index contributed by atoms with van der Waals surface area (Å²) in [6.07, 6.45) is 0. The van der Waals surface area contributed by atoms with Crippen LogP contribution in [0.3, 0.4) is 0 Å². The molecule has 2 aromatic rings. The molecule has 7 heteroatoms. The van der Waals surface area contributed by atoms with E-state index in [1.54, 1.807) is 31.2 Å². The van der Waals surface area contributed by atoms with Crippen LogP contribution in [0, 0.1) is 5.82 Å². The predicted molar refractivity (Wildman–Crippen MR) is 93.9 cm³/mol. The number of halogens is 2. The van der Waals surface area contributed by atoms with Crippen molar-refractivity contribution in [2.24, 2.45) is 0 Å². The number of carbonyl (C=O) groups excluding carboxylic acids is 2. The Hall–Kier alpha value is -2.60. The van der Waals surface area contributed by atoms with Crippen molar-refractivity contribution in [1.29, 1.82) is 0 Å². The highest BCUT2D eigenvalue weighted by Crippen LogP contribution is 2.20. The first-order valence-corrected chi connectivity index (χ1v) is 7.63. The summed E-state index contributed by atoms with van der Waals surface area (Å²) < 4.78 is 13.1. The van der Waals surface area contributed by atoms with Crippen LogP contribution in [0.2, 0.25) is 5.02 Å². The molecule has 0 aliphatic heterocycles. The molecule has 2 rings (SSSR count). The number of benzene rings is 2. The van der Waals surface area contributed by atoms with Gasteiger partial charge in [-0.15, -0.1) is 0 Å². The van der Waals surface area contributed by atoms with E-state index in [4.69, 9.17) is 11.6 Å². The lowest BCUT2D eigenvalue weighted by molar-refractivity contribution is -0.116. The number of nitrogens with one attached hydrogen (secondary N) is 3. The van der Waals surface area contributed by atoms with Crippen molar-refractivity contribution < 1.29 is 14.0 Å². The van der Waals surface area contributed by atoms with E-state index in [1.165, 1.54) is 25.1 Å². The Morgan fingerprint density at radius 2 is 1.58 bits per heavy atom. The minimum Gasteiger partial charge on any atom is -0.374 e. The van der Waals surface area contributed by atoms with Crippen LogP contribution < -0.4 is 16.0 Å². The van der Waals surface area contributed by atoms with Crippen molar-refractivity contribution in [3.8, 4) is 0 Å². The van der Waals surface area contributed by atoms with Crippen molar-refractivity contribution in [1.82, 2.24) is 0 Å². The molecule has 1 atom stereocenters. The molecule has 126 valence electrons. The maximum Gasteiger partial charge on any atom is 0.246 e. The van der Waals surface area contributed by atoms with Gasteiger partial charge in [-0.1, -0.05) is 11.6 Å². The lowest BCUT2D eigenvalue weighted by Crippen LogP contribution is -2.31. The Kier molecular flexibility index (Phi) is 5.76. The Morgan fingerprint density at radius 3 is 2.17 bits per heavy atom. The quantitative estimate of drug-likeness (QED) is 0.767. The van der Waals surface area contributed by atoms with Crippen LogP contribution in [0.25, 0.3) is 0 Å². The minimum absolute atomic E-state index is 0.0537. The van der Waals surface area contributed by atoms with E-state index in [-0.39, 0.29) is 16.8 Å². The van der Waals surface area contributed by atoms with Crippen molar-refractivity contribution >= 4 is 40.5 Å². The average molecular weight is 350 g/mol. The van der Waals surface area contributed by atoms with E-state index in [0.717, 1.165) is 5.69 Å². The van der Waals surface area contributed by atoms with Crippen LogP contribution in [-0.2, 0) is 9.59 Å². The van der Waals surface area contributed by atoms with Gasteiger partial charge in [0.1, 0.15) is 11.9 Å². The van der Waals surface area contributed by atoms with Crippen LogP contribution in [0.5, 0.6) is 0 Å². The number of hydrogen-bond acceptors (Lipinski definition) is 3. The third-order valence-corrected chi connectivity index (χ3v) is 3.46. The SMILES string of the molecule is CC(=O)Nc1ccc(NC(C)C(=O)Nc2ccc(F)c(Cl)c2)cc1. The first-order valence-electron chi connectivity index (χ1n) is 7.25. The van der Waals surface area contributed by atoms with E-state index >= 15 is 0 Å². The largest absolute Gasteiger partial charge is 0.374 e. The second-order valence-electron chi connectivity index (χ2n) is 5.24. The molecule has 5 nitrogen and oxygen atoms in total. The van der Waals surface area contributed by atoms with Gasteiger partial charge in [-0.3, -0.25) is 9.59 Å². The summed E-state index contributed by atoms with van der Waals surface area (Å²) in [7, 11) is 0. The first kappa shape index (κ1) is 17.7. The summed E-state index contributed by atoms with van der Waals surface area (Å²) in [6.45, 7) is 3.13. The summed E-state index contributed by atoms with van der Waals surface area (Å²) in [6, 6.07) is 10.4. The second-order valence-corrected chi connectivity index (χ2v) is 5.65. The molecule has 0 spiro atoms. The monoisotopic (exact) mass is 349 g/mol. The maximum absolute atomic E-state index is 13.1. The van der Waals surface area contributed by atoms with Crippen LogP contribution in [-0.4, -0.2) is 17.9 Å². The molecule has 0 aliphatic carbocycles. The highest BCUT2D eigenvalue weighted by atomic mass is 35.5. The van der Waals surface area contributed by atoms with E-state index in [0.29, 0.717) is 11.4 Å². The molecule has 0 saturated heterocycles. The molecule has 24 heavy (non-hydrogen) atoms. The van der Waals surface area contributed by atoms with Gasteiger partial charge >= 0.3 is 0 Å². The lowest BCUT2D eigenvalue weighted by Gasteiger charge is -2.16. The maximum atomic E-state index is 13.1. The van der Waals surface area contributed by atoms with Gasteiger partial charge in [-0.05, 0) is 49.4 Å². The third-order valence-electron chi connectivity index (χ3n) is 3.17. The number of rotatable bonds is 5. The Morgan fingerprint density at radius 1 is 1.00 bits per heavy atom. The number of anilines is 3. The zero-order valence-electron chi connectivity index (χ0n) is 13.2. The van der Waals surface area contributed by atoms with Gasteiger partial charge in [0.15, 0.2) is 0 Å². The van der Waals surface area contributed by atoms with E-state index in [9.17, 15) is 14.0 Å². The van der Waals surface area contributed by atoms with Crippen LogP contribution in [0.15, 0.2) is 42.5 Å². The fourth-order valence-electron chi connectivity index (χ4n) is 1.99. The normalized spacial score (nSPS) is 11.5. The molecular formula is C17H17ClFN3O2. The molecule has 0 bridgehead atoms. The van der Waals surface area contributed by atoms with Crippen molar-refractivity contribution in [2.75, 3.05) is 16.0 Å². The fourth-order valence-corrected chi connectivity index (χ4v) is 2.17. The van der Waals surface area contributed by atoms with Crippen molar-refractivity contribution in [2.45, 2.75) is 19.9 Å². The van der Waals surface area contributed by atoms with Gasteiger partial charge in [0, 0.05) is 24.0 Å². The molecule has 0 fully saturated rings. The van der Waals surface area contributed by atoms with Gasteiger partial charge in [0.05, 0.1) is 5.02 Å². The van der Waals surface area contributed by atoms with Gasteiger partial charge < -0.3 is 16.0 Å². The summed E-state index contributed by atoms with van der Waals surface area (Å²) in [5.74, 6) is -0.981. The molecule has 0 radical (unpaired) electrons. The summed E-state index contributed by atoms with van der Waals surface area (Å²) >= 11 is 5.69. The fraction of sp³-hybridized carbons (Fsp3) is 0.176. The van der Waals surface area contributed by atoms with E-state index in [1.807, 2.05) is 0 Å². The molecule has 2 amide bonds. The highest BCUT2D eigenvalue weighted by molar-refractivity contribution is 6.31. The summed E-state index contributed by atoms with van der Waals surface area (Å²) in [5.41, 5.74) is 1.82. The Labute approximate surface area is 144 Å². The first-order chi connectivity index (χ1) is 11.3.